The quantitative estimate of drug-likeness (QED) is 0.548. The first-order valence-corrected chi connectivity index (χ1v) is 10.7. The fourth-order valence-electron chi connectivity index (χ4n) is 3.99. The lowest BCUT2D eigenvalue weighted by molar-refractivity contribution is 0.0988. The molecule has 1 aromatic carbocycles. The SMILES string of the molecule is CNCc1ccc(-c2cnc(N)c(C(=O)Cc3cnccc3N3CCOCC3)n2)c(C)c1. The number of Topliss-reactive ketones (excluding diaryl/α,β-unsaturated/α-hetero) is 1. The van der Waals surface area contributed by atoms with Crippen LogP contribution in [-0.4, -0.2) is 54.1 Å². The Labute approximate surface area is 187 Å². The third-order valence-electron chi connectivity index (χ3n) is 5.59. The van der Waals surface area contributed by atoms with Gasteiger partial charge in [-0.25, -0.2) is 9.97 Å². The third kappa shape index (κ3) is 4.76. The number of anilines is 2. The van der Waals surface area contributed by atoms with Crippen molar-refractivity contribution in [1.82, 2.24) is 20.3 Å². The maximum absolute atomic E-state index is 13.2. The Hall–Kier alpha value is -3.36. The fraction of sp³-hybridized carbons (Fsp3) is 0.333. The maximum Gasteiger partial charge on any atom is 0.189 e. The molecule has 0 atom stereocenters. The van der Waals surface area contributed by atoms with E-state index in [1.807, 2.05) is 32.2 Å². The second-order valence-corrected chi connectivity index (χ2v) is 7.87. The Kier molecular flexibility index (Phi) is 6.72. The van der Waals surface area contributed by atoms with Gasteiger partial charge in [0.2, 0.25) is 0 Å². The number of nitrogens with two attached hydrogens (primary N) is 1. The van der Waals surface area contributed by atoms with Crippen molar-refractivity contribution in [3.63, 3.8) is 0 Å². The summed E-state index contributed by atoms with van der Waals surface area (Å²) in [6.45, 7) is 5.72. The predicted molar refractivity (Wildman–Crippen MR) is 125 cm³/mol. The van der Waals surface area contributed by atoms with E-state index >= 15 is 0 Å². The predicted octanol–water partition coefficient (Wildman–Crippen LogP) is 2.41. The van der Waals surface area contributed by atoms with Crippen molar-refractivity contribution >= 4 is 17.3 Å². The number of nitrogens with one attached hydrogen (secondary N) is 1. The average molecular weight is 433 g/mol. The van der Waals surface area contributed by atoms with E-state index in [0.29, 0.717) is 18.9 Å². The van der Waals surface area contributed by atoms with Gasteiger partial charge in [0.25, 0.3) is 0 Å². The highest BCUT2D eigenvalue weighted by atomic mass is 16.5. The molecule has 0 unspecified atom stereocenters. The normalized spacial score (nSPS) is 13.9. The molecular formula is C24H28N6O2. The summed E-state index contributed by atoms with van der Waals surface area (Å²) < 4.78 is 5.45. The standard InChI is InChI=1S/C24H28N6O2/c1-16-11-17(13-26-2)3-4-19(16)20-15-28-24(25)23(29-20)22(31)12-18-14-27-6-5-21(18)30-7-9-32-10-8-30/h3-6,11,14-15,26H,7-10,12-13H2,1-2H3,(H2,25,28). The molecule has 3 heterocycles. The van der Waals surface area contributed by atoms with Gasteiger partial charge in [-0.2, -0.15) is 0 Å². The van der Waals surface area contributed by atoms with Crippen LogP contribution in [0.25, 0.3) is 11.3 Å². The van der Waals surface area contributed by atoms with Crippen molar-refractivity contribution in [2.75, 3.05) is 44.0 Å². The van der Waals surface area contributed by atoms with Gasteiger partial charge in [-0.05, 0) is 31.2 Å². The highest BCUT2D eigenvalue weighted by molar-refractivity contribution is 6.00. The number of nitrogens with zero attached hydrogens (tertiary/aromatic N) is 4. The second kappa shape index (κ2) is 9.84. The number of hydrogen-bond acceptors (Lipinski definition) is 8. The number of ketones is 1. The van der Waals surface area contributed by atoms with Gasteiger partial charge >= 0.3 is 0 Å². The summed E-state index contributed by atoms with van der Waals surface area (Å²) in [6, 6.07) is 8.10. The summed E-state index contributed by atoms with van der Waals surface area (Å²) in [7, 11) is 1.92. The zero-order valence-electron chi connectivity index (χ0n) is 18.5. The van der Waals surface area contributed by atoms with Gasteiger partial charge in [0, 0.05) is 55.3 Å². The van der Waals surface area contributed by atoms with E-state index in [4.69, 9.17) is 10.5 Å². The number of morpholine rings is 1. The number of pyridine rings is 1. The van der Waals surface area contributed by atoms with Crippen LogP contribution < -0.4 is 16.0 Å². The van der Waals surface area contributed by atoms with E-state index in [2.05, 4.69) is 31.2 Å². The highest BCUT2D eigenvalue weighted by Gasteiger charge is 2.20. The number of hydrogen-bond donors (Lipinski definition) is 2. The Balaban J connectivity index is 1.61. The van der Waals surface area contributed by atoms with Crippen LogP contribution in [0.15, 0.2) is 42.9 Å². The molecule has 3 aromatic rings. The molecule has 2 aromatic heterocycles. The van der Waals surface area contributed by atoms with Gasteiger partial charge in [-0.1, -0.05) is 18.2 Å². The lowest BCUT2D eigenvalue weighted by Gasteiger charge is -2.30. The number of carbonyl (C=O) groups excluding carboxylic acids is 1. The summed E-state index contributed by atoms with van der Waals surface area (Å²) >= 11 is 0. The van der Waals surface area contributed by atoms with Gasteiger partial charge in [0.15, 0.2) is 11.6 Å². The number of nitrogen functional groups attached to an aromatic ring is 1. The number of aromatic nitrogens is 3. The van der Waals surface area contributed by atoms with Gasteiger partial charge in [-0.3, -0.25) is 9.78 Å². The smallest absolute Gasteiger partial charge is 0.189 e. The summed E-state index contributed by atoms with van der Waals surface area (Å²) in [5.74, 6) is -0.0381. The third-order valence-corrected chi connectivity index (χ3v) is 5.59. The number of carbonyl (C=O) groups is 1. The molecule has 1 aliphatic heterocycles. The molecule has 8 heteroatoms. The molecule has 0 aliphatic carbocycles. The van der Waals surface area contributed by atoms with Crippen LogP contribution in [0.4, 0.5) is 11.5 Å². The van der Waals surface area contributed by atoms with Gasteiger partial charge in [0.1, 0.15) is 5.69 Å². The molecule has 32 heavy (non-hydrogen) atoms. The Bertz CT molecular complexity index is 1110. The molecule has 8 nitrogen and oxygen atoms in total. The minimum absolute atomic E-state index is 0.139. The van der Waals surface area contributed by atoms with Crippen molar-refractivity contribution in [1.29, 1.82) is 0 Å². The summed E-state index contributed by atoms with van der Waals surface area (Å²) in [6.07, 6.45) is 5.26. The summed E-state index contributed by atoms with van der Waals surface area (Å²) in [5.41, 5.74) is 11.9. The van der Waals surface area contributed by atoms with Crippen LogP contribution in [0.2, 0.25) is 0 Å². The lowest BCUT2D eigenvalue weighted by Crippen LogP contribution is -2.37. The monoisotopic (exact) mass is 432 g/mol. The molecule has 0 radical (unpaired) electrons. The largest absolute Gasteiger partial charge is 0.382 e. The zero-order chi connectivity index (χ0) is 22.5. The number of rotatable bonds is 7. The lowest BCUT2D eigenvalue weighted by atomic mass is 10.0. The van der Waals surface area contributed by atoms with Crippen LogP contribution in [-0.2, 0) is 17.7 Å². The molecule has 166 valence electrons. The van der Waals surface area contributed by atoms with Gasteiger partial charge < -0.3 is 20.7 Å². The van der Waals surface area contributed by atoms with Crippen LogP contribution in [0, 0.1) is 6.92 Å². The highest BCUT2D eigenvalue weighted by Crippen LogP contribution is 2.26. The van der Waals surface area contributed by atoms with E-state index < -0.39 is 0 Å². The molecule has 4 rings (SSSR count). The molecular weight excluding hydrogens is 404 g/mol. The van der Waals surface area contributed by atoms with E-state index in [9.17, 15) is 4.79 Å². The second-order valence-electron chi connectivity index (χ2n) is 7.87. The first kappa shape index (κ1) is 21.9. The zero-order valence-corrected chi connectivity index (χ0v) is 18.5. The Morgan fingerprint density at radius 1 is 1.22 bits per heavy atom. The molecule has 3 N–H and O–H groups in total. The average Bonchev–Trinajstić information content (AvgIpc) is 2.81. The maximum atomic E-state index is 13.2. The van der Waals surface area contributed by atoms with E-state index in [0.717, 1.165) is 42.0 Å². The van der Waals surface area contributed by atoms with E-state index in [1.165, 1.54) is 5.56 Å². The molecule has 0 bridgehead atoms. The van der Waals surface area contributed by atoms with Gasteiger partial charge in [-0.15, -0.1) is 0 Å². The van der Waals surface area contributed by atoms with Crippen LogP contribution in [0.5, 0.6) is 0 Å². The van der Waals surface area contributed by atoms with Gasteiger partial charge in [0.05, 0.1) is 25.1 Å². The fourth-order valence-corrected chi connectivity index (χ4v) is 3.99. The van der Waals surface area contributed by atoms with Crippen molar-refractivity contribution in [3.8, 4) is 11.3 Å². The van der Waals surface area contributed by atoms with E-state index in [-0.39, 0.29) is 23.7 Å². The minimum Gasteiger partial charge on any atom is -0.382 e. The molecule has 0 amide bonds. The number of ether oxygens (including phenoxy) is 1. The van der Waals surface area contributed by atoms with Crippen LogP contribution in [0.3, 0.4) is 0 Å². The van der Waals surface area contributed by atoms with Crippen molar-refractivity contribution in [2.45, 2.75) is 19.9 Å². The Morgan fingerprint density at radius 3 is 2.78 bits per heavy atom. The number of benzene rings is 1. The topological polar surface area (TPSA) is 106 Å². The van der Waals surface area contributed by atoms with Crippen molar-refractivity contribution < 1.29 is 9.53 Å². The van der Waals surface area contributed by atoms with Crippen LogP contribution >= 0.6 is 0 Å². The summed E-state index contributed by atoms with van der Waals surface area (Å²) in [5, 5.41) is 3.15. The first-order chi connectivity index (χ1) is 15.6. The molecule has 1 saturated heterocycles. The molecule has 1 fully saturated rings. The summed E-state index contributed by atoms with van der Waals surface area (Å²) in [4.78, 5) is 28.5. The van der Waals surface area contributed by atoms with Crippen molar-refractivity contribution in [3.05, 3.63) is 65.2 Å². The van der Waals surface area contributed by atoms with E-state index in [1.54, 1.807) is 18.6 Å². The molecule has 0 saturated carbocycles. The van der Waals surface area contributed by atoms with Crippen molar-refractivity contribution in [2.24, 2.45) is 0 Å². The minimum atomic E-state index is -0.177. The number of aryl methyl sites for hydroxylation is 1. The molecule has 0 spiro atoms. The molecule has 1 aliphatic rings. The van der Waals surface area contributed by atoms with Crippen LogP contribution in [0.1, 0.15) is 27.2 Å². The Morgan fingerprint density at radius 2 is 2.03 bits per heavy atom. The first-order valence-electron chi connectivity index (χ1n) is 10.7.